The Hall–Kier alpha value is -1.36. The van der Waals surface area contributed by atoms with Gasteiger partial charge in [0, 0.05) is 13.1 Å². The third-order valence-electron chi connectivity index (χ3n) is 1.33. The van der Waals surface area contributed by atoms with Gasteiger partial charge in [-0.1, -0.05) is 0 Å². The molecule has 0 radical (unpaired) electrons. The van der Waals surface area contributed by atoms with Gasteiger partial charge in [-0.05, 0) is 0 Å². The van der Waals surface area contributed by atoms with Crippen molar-refractivity contribution in [2.24, 2.45) is 12.9 Å². The molecule has 0 fully saturated rings. The number of aromatic nitrogens is 1. The number of rotatable bonds is 1. The highest BCUT2D eigenvalue weighted by Crippen LogP contribution is 2.29. The Kier molecular flexibility index (Phi) is 1.42. The highest BCUT2D eigenvalue weighted by molar-refractivity contribution is 5.56. The van der Waals surface area contributed by atoms with Gasteiger partial charge in [0.1, 0.15) is 5.69 Å². The zero-order valence-corrected chi connectivity index (χ0v) is 5.50. The molecule has 1 aromatic heterocycles. The molecule has 0 bridgehead atoms. The normalized spacial score (nSPS) is 9.80. The molecule has 10 heavy (non-hydrogen) atoms. The minimum atomic E-state index is -0.0833. The maximum atomic E-state index is 9.08. The van der Waals surface area contributed by atoms with Gasteiger partial charge in [0.25, 0.3) is 0 Å². The fourth-order valence-corrected chi connectivity index (χ4v) is 0.686. The van der Waals surface area contributed by atoms with Crippen LogP contribution >= 0.6 is 0 Å². The number of hydrazine groups is 1. The smallest absolute Gasteiger partial charge is 0.219 e. The Bertz CT molecular complexity index is 243. The molecule has 0 spiro atoms. The van der Waals surface area contributed by atoms with Crippen molar-refractivity contribution in [3.8, 4) is 11.8 Å². The molecule has 0 aliphatic rings. The molecule has 0 aliphatic heterocycles. The molecule has 56 valence electrons. The van der Waals surface area contributed by atoms with Gasteiger partial charge in [-0.3, -0.25) is 10.4 Å². The van der Waals surface area contributed by atoms with Crippen LogP contribution in [0.25, 0.3) is 0 Å². The molecule has 0 saturated heterocycles. The van der Waals surface area contributed by atoms with E-state index in [2.05, 4.69) is 5.43 Å². The first-order chi connectivity index (χ1) is 4.66. The predicted molar refractivity (Wildman–Crippen MR) is 36.6 cm³/mol. The molecule has 5 heteroatoms. The summed E-state index contributed by atoms with van der Waals surface area (Å²) in [4.78, 5) is 0. The first-order valence-corrected chi connectivity index (χ1v) is 2.71. The number of nitrogen functional groups attached to an aromatic ring is 1. The molecule has 0 unspecified atom stereocenters. The van der Waals surface area contributed by atoms with Crippen molar-refractivity contribution < 1.29 is 10.2 Å². The summed E-state index contributed by atoms with van der Waals surface area (Å²) >= 11 is 0. The standard InChI is InChI=1S/C5H9N3O2/c1-8-4(9)2-3(7-6)5(8)10/h2,7,9-10H,6H2,1H3. The molecule has 1 rings (SSSR count). The maximum absolute atomic E-state index is 9.08. The Balaban J connectivity index is 3.17. The lowest BCUT2D eigenvalue weighted by atomic mass is 10.5. The molecule has 5 nitrogen and oxygen atoms in total. The van der Waals surface area contributed by atoms with Gasteiger partial charge < -0.3 is 15.6 Å². The Morgan fingerprint density at radius 1 is 1.60 bits per heavy atom. The summed E-state index contributed by atoms with van der Waals surface area (Å²) in [6, 6.07) is 1.33. The zero-order valence-electron chi connectivity index (χ0n) is 5.50. The number of aromatic hydroxyl groups is 2. The van der Waals surface area contributed by atoms with Crippen molar-refractivity contribution >= 4 is 5.69 Å². The molecular formula is C5H9N3O2. The van der Waals surface area contributed by atoms with Crippen molar-refractivity contribution in [1.82, 2.24) is 4.57 Å². The van der Waals surface area contributed by atoms with E-state index in [4.69, 9.17) is 16.1 Å². The second-order valence-corrected chi connectivity index (χ2v) is 1.94. The van der Waals surface area contributed by atoms with E-state index in [0.717, 1.165) is 0 Å². The molecule has 0 saturated carbocycles. The summed E-state index contributed by atoms with van der Waals surface area (Å²) < 4.78 is 1.20. The monoisotopic (exact) mass is 143 g/mol. The van der Waals surface area contributed by atoms with Crippen LogP contribution in [-0.2, 0) is 7.05 Å². The molecule has 5 N–H and O–H groups in total. The summed E-state index contributed by atoms with van der Waals surface area (Å²) in [6.07, 6.45) is 0. The van der Waals surface area contributed by atoms with E-state index >= 15 is 0 Å². The number of anilines is 1. The van der Waals surface area contributed by atoms with Gasteiger partial charge in [0.2, 0.25) is 5.88 Å². The lowest BCUT2D eigenvalue weighted by Gasteiger charge is -1.97. The van der Waals surface area contributed by atoms with E-state index in [1.54, 1.807) is 0 Å². The van der Waals surface area contributed by atoms with Crippen LogP contribution in [0.1, 0.15) is 0 Å². The summed E-state index contributed by atoms with van der Waals surface area (Å²) in [5, 5.41) is 18.0. The van der Waals surface area contributed by atoms with Crippen LogP contribution in [0, 0.1) is 0 Å². The minimum Gasteiger partial charge on any atom is -0.494 e. The zero-order chi connectivity index (χ0) is 7.72. The van der Waals surface area contributed by atoms with Gasteiger partial charge in [-0.15, -0.1) is 0 Å². The Labute approximate surface area is 57.7 Å². The predicted octanol–water partition coefficient (Wildman–Crippen LogP) is -0.278. The quantitative estimate of drug-likeness (QED) is 0.322. The van der Waals surface area contributed by atoms with Gasteiger partial charge in [-0.25, -0.2) is 0 Å². The number of nitrogens with one attached hydrogen (secondary N) is 1. The molecule has 1 heterocycles. The van der Waals surface area contributed by atoms with E-state index in [1.165, 1.54) is 17.7 Å². The summed E-state index contributed by atoms with van der Waals surface area (Å²) in [7, 11) is 1.52. The second kappa shape index (κ2) is 2.11. The topological polar surface area (TPSA) is 83.4 Å². The second-order valence-electron chi connectivity index (χ2n) is 1.94. The van der Waals surface area contributed by atoms with Crippen LogP contribution in [0.3, 0.4) is 0 Å². The molecule has 1 aromatic rings. The highest BCUT2D eigenvalue weighted by atomic mass is 16.3. The molecule has 0 aliphatic carbocycles. The van der Waals surface area contributed by atoms with E-state index in [-0.39, 0.29) is 11.8 Å². The van der Waals surface area contributed by atoms with Gasteiger partial charge >= 0.3 is 0 Å². The summed E-state index contributed by atoms with van der Waals surface area (Å²) in [6.45, 7) is 0. The van der Waals surface area contributed by atoms with Crippen LogP contribution < -0.4 is 11.3 Å². The first kappa shape index (κ1) is 6.76. The maximum Gasteiger partial charge on any atom is 0.219 e. The van der Waals surface area contributed by atoms with Crippen LogP contribution in [0.2, 0.25) is 0 Å². The van der Waals surface area contributed by atoms with E-state index in [0.29, 0.717) is 5.69 Å². The van der Waals surface area contributed by atoms with Gasteiger partial charge in [-0.2, -0.15) is 0 Å². The first-order valence-electron chi connectivity index (χ1n) is 2.71. The van der Waals surface area contributed by atoms with Crippen molar-refractivity contribution in [3.63, 3.8) is 0 Å². The number of hydrogen-bond donors (Lipinski definition) is 4. The lowest BCUT2D eigenvalue weighted by Crippen LogP contribution is -2.05. The van der Waals surface area contributed by atoms with Gasteiger partial charge in [0.15, 0.2) is 5.88 Å². The summed E-state index contributed by atoms with van der Waals surface area (Å²) in [5.41, 5.74) is 2.53. The molecule has 0 atom stereocenters. The van der Waals surface area contributed by atoms with E-state index in [1.807, 2.05) is 0 Å². The number of nitrogens with two attached hydrogens (primary N) is 1. The lowest BCUT2D eigenvalue weighted by molar-refractivity contribution is 0.387. The fraction of sp³-hybridized carbons (Fsp3) is 0.200. The third kappa shape index (κ3) is 0.763. The minimum absolute atomic E-state index is 0.0366. The molecular weight excluding hydrogens is 134 g/mol. The number of nitrogens with zero attached hydrogens (tertiary/aromatic N) is 1. The Morgan fingerprint density at radius 3 is 2.40 bits per heavy atom. The van der Waals surface area contributed by atoms with Gasteiger partial charge in [0.05, 0.1) is 0 Å². The van der Waals surface area contributed by atoms with Crippen LogP contribution in [0.4, 0.5) is 5.69 Å². The van der Waals surface area contributed by atoms with Crippen molar-refractivity contribution in [2.75, 3.05) is 5.43 Å². The average Bonchev–Trinajstić information content (AvgIpc) is 2.17. The highest BCUT2D eigenvalue weighted by Gasteiger charge is 2.07. The third-order valence-corrected chi connectivity index (χ3v) is 1.33. The van der Waals surface area contributed by atoms with E-state index < -0.39 is 0 Å². The van der Waals surface area contributed by atoms with Crippen molar-refractivity contribution in [1.29, 1.82) is 0 Å². The largest absolute Gasteiger partial charge is 0.494 e. The molecule has 0 amide bonds. The number of hydrogen-bond acceptors (Lipinski definition) is 4. The van der Waals surface area contributed by atoms with Crippen LogP contribution in [0.15, 0.2) is 6.07 Å². The molecule has 0 aromatic carbocycles. The van der Waals surface area contributed by atoms with E-state index in [9.17, 15) is 0 Å². The summed E-state index contributed by atoms with van der Waals surface area (Å²) in [5.74, 6) is 4.88. The fourth-order valence-electron chi connectivity index (χ4n) is 0.686. The van der Waals surface area contributed by atoms with Crippen molar-refractivity contribution in [3.05, 3.63) is 6.07 Å². The van der Waals surface area contributed by atoms with Crippen LogP contribution in [-0.4, -0.2) is 14.8 Å². The van der Waals surface area contributed by atoms with Crippen molar-refractivity contribution in [2.45, 2.75) is 0 Å². The SMILES string of the molecule is Cn1c(O)cc(NN)c1O. The van der Waals surface area contributed by atoms with Crippen LogP contribution in [0.5, 0.6) is 11.8 Å². The Morgan fingerprint density at radius 2 is 2.20 bits per heavy atom. The average molecular weight is 143 g/mol.